The Morgan fingerprint density at radius 1 is 1.19 bits per heavy atom. The molecule has 21 heavy (non-hydrogen) atoms. The molecule has 6 heteroatoms. The topological polar surface area (TPSA) is 27.1 Å². The SMILES string of the molecule is [CH2]c1cc(Cl)c(COn2c(S)nc3ccccc32)c(Cl)c1. The van der Waals surface area contributed by atoms with Gasteiger partial charge in [0.25, 0.3) is 0 Å². The molecule has 0 unspecified atom stereocenters. The summed E-state index contributed by atoms with van der Waals surface area (Å²) in [5.41, 5.74) is 3.12. The third-order valence-electron chi connectivity index (χ3n) is 3.04. The van der Waals surface area contributed by atoms with Crippen molar-refractivity contribution in [3.63, 3.8) is 0 Å². The molecule has 0 amide bonds. The van der Waals surface area contributed by atoms with Crippen LogP contribution in [0, 0.1) is 6.92 Å². The van der Waals surface area contributed by atoms with Crippen LogP contribution < -0.4 is 4.84 Å². The summed E-state index contributed by atoms with van der Waals surface area (Å²) in [6.07, 6.45) is 0. The van der Waals surface area contributed by atoms with Crippen LogP contribution >= 0.6 is 35.8 Å². The fraction of sp³-hybridized carbons (Fsp3) is 0.0667. The van der Waals surface area contributed by atoms with E-state index in [1.165, 1.54) is 0 Å². The van der Waals surface area contributed by atoms with E-state index >= 15 is 0 Å². The number of thiol groups is 1. The van der Waals surface area contributed by atoms with E-state index in [0.717, 1.165) is 16.6 Å². The number of imidazole rings is 1. The van der Waals surface area contributed by atoms with E-state index in [-0.39, 0.29) is 6.61 Å². The number of para-hydroxylation sites is 2. The Labute approximate surface area is 137 Å². The molecule has 1 heterocycles. The largest absolute Gasteiger partial charge is 0.406 e. The maximum Gasteiger partial charge on any atom is 0.200 e. The van der Waals surface area contributed by atoms with Gasteiger partial charge in [0.2, 0.25) is 5.16 Å². The van der Waals surface area contributed by atoms with E-state index in [2.05, 4.69) is 24.5 Å². The first-order chi connectivity index (χ1) is 10.1. The van der Waals surface area contributed by atoms with Gasteiger partial charge >= 0.3 is 0 Å². The highest BCUT2D eigenvalue weighted by atomic mass is 35.5. The van der Waals surface area contributed by atoms with Crippen LogP contribution in [-0.2, 0) is 6.61 Å². The number of aromatic nitrogens is 2. The molecule has 2 aromatic carbocycles. The second-order valence-corrected chi connectivity index (χ2v) is 5.72. The van der Waals surface area contributed by atoms with Crippen molar-refractivity contribution in [1.82, 2.24) is 9.71 Å². The van der Waals surface area contributed by atoms with Crippen LogP contribution in [0.1, 0.15) is 11.1 Å². The molecule has 0 saturated heterocycles. The first-order valence-corrected chi connectivity index (χ1v) is 7.36. The van der Waals surface area contributed by atoms with E-state index < -0.39 is 0 Å². The molecule has 0 bridgehead atoms. The van der Waals surface area contributed by atoms with Crippen LogP contribution in [-0.4, -0.2) is 9.71 Å². The molecular formula is C15H11Cl2N2OS. The van der Waals surface area contributed by atoms with Crippen molar-refractivity contribution in [2.24, 2.45) is 0 Å². The number of benzene rings is 2. The van der Waals surface area contributed by atoms with E-state index in [4.69, 9.17) is 28.0 Å². The van der Waals surface area contributed by atoms with Gasteiger partial charge in [0.15, 0.2) is 0 Å². The van der Waals surface area contributed by atoms with Crippen molar-refractivity contribution in [3.05, 3.63) is 64.5 Å². The fourth-order valence-electron chi connectivity index (χ4n) is 2.04. The molecule has 1 aromatic heterocycles. The average Bonchev–Trinajstić information content (AvgIpc) is 2.73. The minimum atomic E-state index is 0.214. The van der Waals surface area contributed by atoms with Gasteiger partial charge in [0, 0.05) is 15.6 Å². The zero-order valence-electron chi connectivity index (χ0n) is 10.9. The lowest BCUT2D eigenvalue weighted by molar-refractivity contribution is 0.0879. The molecule has 0 fully saturated rings. The molecule has 0 aliphatic rings. The van der Waals surface area contributed by atoms with Crippen LogP contribution in [0.4, 0.5) is 0 Å². The molecule has 3 aromatic rings. The van der Waals surface area contributed by atoms with Crippen molar-refractivity contribution in [1.29, 1.82) is 0 Å². The Hall–Kier alpha value is -1.36. The molecule has 0 aliphatic carbocycles. The van der Waals surface area contributed by atoms with Gasteiger partial charge in [-0.05, 0) is 36.8 Å². The zero-order chi connectivity index (χ0) is 15.0. The second kappa shape index (κ2) is 5.79. The van der Waals surface area contributed by atoms with E-state index in [1.54, 1.807) is 16.9 Å². The van der Waals surface area contributed by atoms with Crippen molar-refractivity contribution in [2.45, 2.75) is 11.8 Å². The highest BCUT2D eigenvalue weighted by Crippen LogP contribution is 2.27. The first-order valence-electron chi connectivity index (χ1n) is 6.16. The fourth-order valence-corrected chi connectivity index (χ4v) is 2.96. The normalized spacial score (nSPS) is 11.0. The smallest absolute Gasteiger partial charge is 0.200 e. The lowest BCUT2D eigenvalue weighted by Gasteiger charge is -2.12. The van der Waals surface area contributed by atoms with Gasteiger partial charge in [0.05, 0.1) is 5.52 Å². The maximum atomic E-state index is 6.18. The van der Waals surface area contributed by atoms with Gasteiger partial charge in [-0.3, -0.25) is 0 Å². The van der Waals surface area contributed by atoms with E-state index in [0.29, 0.717) is 20.8 Å². The number of hydrogen-bond acceptors (Lipinski definition) is 3. The third kappa shape index (κ3) is 2.84. The van der Waals surface area contributed by atoms with Crippen LogP contribution in [0.15, 0.2) is 41.6 Å². The third-order valence-corrected chi connectivity index (χ3v) is 4.00. The molecule has 3 rings (SSSR count). The Morgan fingerprint density at radius 2 is 1.86 bits per heavy atom. The summed E-state index contributed by atoms with van der Waals surface area (Å²) < 4.78 is 1.56. The number of fused-ring (bicyclic) bond motifs is 1. The minimum absolute atomic E-state index is 0.214. The van der Waals surface area contributed by atoms with Crippen molar-refractivity contribution in [3.8, 4) is 0 Å². The highest BCUT2D eigenvalue weighted by Gasteiger charge is 2.12. The van der Waals surface area contributed by atoms with Crippen LogP contribution in [0.25, 0.3) is 11.0 Å². The van der Waals surface area contributed by atoms with Gasteiger partial charge in [-0.2, -0.15) is 4.73 Å². The first kappa shape index (κ1) is 14.6. The Kier molecular flexibility index (Phi) is 4.02. The highest BCUT2D eigenvalue weighted by molar-refractivity contribution is 7.80. The van der Waals surface area contributed by atoms with Crippen molar-refractivity contribution in [2.75, 3.05) is 0 Å². The van der Waals surface area contributed by atoms with Crippen LogP contribution in [0.3, 0.4) is 0 Å². The zero-order valence-corrected chi connectivity index (χ0v) is 13.3. The maximum absolute atomic E-state index is 6.18. The summed E-state index contributed by atoms with van der Waals surface area (Å²) in [5, 5.41) is 1.52. The standard InChI is InChI=1S/C15H11Cl2N2OS/c1-9-6-11(16)10(12(17)7-9)8-20-19-14-5-3-2-4-13(14)18-15(19)21/h2-7H,1,8H2,(H,18,21). The van der Waals surface area contributed by atoms with Gasteiger partial charge < -0.3 is 4.84 Å². The van der Waals surface area contributed by atoms with Gasteiger partial charge in [-0.15, -0.1) is 12.6 Å². The molecule has 0 spiro atoms. The number of hydrogen-bond donors (Lipinski definition) is 1. The summed E-state index contributed by atoms with van der Waals surface area (Å²) in [4.78, 5) is 10.1. The van der Waals surface area contributed by atoms with Crippen LogP contribution in [0.2, 0.25) is 10.0 Å². The van der Waals surface area contributed by atoms with Gasteiger partial charge in [0.1, 0.15) is 12.1 Å². The van der Waals surface area contributed by atoms with E-state index in [1.807, 2.05) is 24.3 Å². The average molecular weight is 338 g/mol. The van der Waals surface area contributed by atoms with Crippen molar-refractivity contribution >= 4 is 46.9 Å². The summed E-state index contributed by atoms with van der Waals surface area (Å²) >= 11 is 16.7. The van der Waals surface area contributed by atoms with Crippen molar-refractivity contribution < 1.29 is 4.84 Å². The predicted octanol–water partition coefficient (Wildman–Crippen LogP) is 4.44. The predicted molar refractivity (Wildman–Crippen MR) is 88.2 cm³/mol. The Balaban J connectivity index is 1.92. The van der Waals surface area contributed by atoms with Gasteiger partial charge in [-0.25, -0.2) is 4.98 Å². The molecule has 0 N–H and O–H groups in total. The number of halogens is 2. The summed E-state index contributed by atoms with van der Waals surface area (Å²) in [7, 11) is 0. The molecule has 0 saturated carbocycles. The van der Waals surface area contributed by atoms with Crippen LogP contribution in [0.5, 0.6) is 0 Å². The Bertz CT molecular complexity index is 794. The van der Waals surface area contributed by atoms with Gasteiger partial charge in [-0.1, -0.05) is 35.3 Å². The number of nitrogens with zero attached hydrogens (tertiary/aromatic N) is 2. The number of rotatable bonds is 3. The Morgan fingerprint density at radius 3 is 2.57 bits per heavy atom. The molecule has 3 nitrogen and oxygen atoms in total. The van der Waals surface area contributed by atoms with E-state index in [9.17, 15) is 0 Å². The quantitative estimate of drug-likeness (QED) is 0.715. The monoisotopic (exact) mass is 337 g/mol. The molecule has 0 atom stereocenters. The lowest BCUT2D eigenvalue weighted by atomic mass is 10.1. The minimum Gasteiger partial charge on any atom is -0.406 e. The molecule has 0 aliphatic heterocycles. The lowest BCUT2D eigenvalue weighted by Crippen LogP contribution is -2.12. The second-order valence-electron chi connectivity index (χ2n) is 4.51. The summed E-state index contributed by atoms with van der Waals surface area (Å²) in [5.74, 6) is 0. The summed E-state index contributed by atoms with van der Waals surface area (Å²) in [6.45, 7) is 4.03. The molecule has 107 valence electrons. The molecular weight excluding hydrogens is 327 g/mol. The summed E-state index contributed by atoms with van der Waals surface area (Å²) in [6, 6.07) is 11.1. The molecule has 1 radical (unpaired) electrons.